The van der Waals surface area contributed by atoms with E-state index < -0.39 is 14.4 Å². The minimum Gasteiger partial charge on any atom is -0.465 e. The largest absolute Gasteiger partial charge is 0.465 e. The highest BCUT2D eigenvalue weighted by molar-refractivity contribution is 6.74. The number of carboxylic acid groups (broad SMARTS) is 1. The topological polar surface area (TPSA) is 70.6 Å². The lowest BCUT2D eigenvalue weighted by Gasteiger charge is -2.43. The SMILES string of the molecule is CC(C)(C)[Si](C)(C)O[C@@H]1CCNC[C@H]1NC(=O)O. The monoisotopic (exact) mass is 274 g/mol. The second-order valence-electron chi connectivity index (χ2n) is 6.47. The van der Waals surface area contributed by atoms with Crippen LogP contribution in [-0.2, 0) is 4.43 Å². The van der Waals surface area contributed by atoms with Crippen molar-refractivity contribution in [2.24, 2.45) is 0 Å². The molecule has 1 aliphatic rings. The highest BCUT2D eigenvalue weighted by Crippen LogP contribution is 2.38. The Morgan fingerprint density at radius 3 is 2.56 bits per heavy atom. The summed E-state index contributed by atoms with van der Waals surface area (Å²) in [6, 6.07) is -0.148. The number of hydrogen-bond acceptors (Lipinski definition) is 3. The van der Waals surface area contributed by atoms with Gasteiger partial charge in [0.1, 0.15) is 0 Å². The van der Waals surface area contributed by atoms with E-state index in [1.54, 1.807) is 0 Å². The molecule has 3 N–H and O–H groups in total. The Bertz CT molecular complexity index is 302. The van der Waals surface area contributed by atoms with Gasteiger partial charge in [-0.3, -0.25) is 0 Å². The van der Waals surface area contributed by atoms with Gasteiger partial charge in [-0.05, 0) is 31.1 Å². The van der Waals surface area contributed by atoms with Crippen molar-refractivity contribution in [3.8, 4) is 0 Å². The molecule has 0 unspecified atom stereocenters. The van der Waals surface area contributed by atoms with E-state index in [0.717, 1.165) is 13.0 Å². The van der Waals surface area contributed by atoms with Gasteiger partial charge in [-0.2, -0.15) is 0 Å². The lowest BCUT2D eigenvalue weighted by atomic mass is 10.0. The minimum atomic E-state index is -1.85. The summed E-state index contributed by atoms with van der Waals surface area (Å²) in [6.45, 7) is 12.5. The molecule has 1 heterocycles. The first kappa shape index (κ1) is 15.5. The summed E-state index contributed by atoms with van der Waals surface area (Å²) < 4.78 is 6.33. The van der Waals surface area contributed by atoms with Crippen molar-refractivity contribution in [1.29, 1.82) is 0 Å². The molecule has 0 bridgehead atoms. The molecule has 0 aromatic carbocycles. The van der Waals surface area contributed by atoms with Crippen LogP contribution >= 0.6 is 0 Å². The molecule has 6 heteroatoms. The molecule has 0 saturated carbocycles. The third kappa shape index (κ3) is 3.96. The zero-order valence-corrected chi connectivity index (χ0v) is 13.0. The zero-order chi connectivity index (χ0) is 14.0. The highest BCUT2D eigenvalue weighted by Gasteiger charge is 2.41. The molecule has 2 atom stereocenters. The Morgan fingerprint density at radius 1 is 1.44 bits per heavy atom. The lowest BCUT2D eigenvalue weighted by Crippen LogP contribution is -2.58. The first-order valence-electron chi connectivity index (χ1n) is 6.51. The van der Waals surface area contributed by atoms with E-state index >= 15 is 0 Å². The van der Waals surface area contributed by atoms with E-state index in [-0.39, 0.29) is 17.2 Å². The Labute approximate surface area is 110 Å². The van der Waals surface area contributed by atoms with Crippen molar-refractivity contribution in [2.45, 2.75) is 57.5 Å². The van der Waals surface area contributed by atoms with Crippen molar-refractivity contribution in [2.75, 3.05) is 13.1 Å². The summed E-state index contributed by atoms with van der Waals surface area (Å²) in [5, 5.41) is 14.8. The van der Waals surface area contributed by atoms with Gasteiger partial charge < -0.3 is 20.2 Å². The summed E-state index contributed by atoms with van der Waals surface area (Å²) in [6.07, 6.45) is -0.131. The van der Waals surface area contributed by atoms with Gasteiger partial charge in [0.2, 0.25) is 0 Å². The number of nitrogens with one attached hydrogen (secondary N) is 2. The molecule has 1 aliphatic heterocycles. The van der Waals surface area contributed by atoms with Crippen LogP contribution in [0.25, 0.3) is 0 Å². The molecule has 18 heavy (non-hydrogen) atoms. The molecule has 0 aromatic heterocycles. The molecule has 0 radical (unpaired) electrons. The number of carbonyl (C=O) groups is 1. The van der Waals surface area contributed by atoms with Gasteiger partial charge in [-0.1, -0.05) is 20.8 Å². The van der Waals surface area contributed by atoms with Gasteiger partial charge in [0.15, 0.2) is 8.32 Å². The van der Waals surface area contributed by atoms with Gasteiger partial charge in [-0.15, -0.1) is 0 Å². The van der Waals surface area contributed by atoms with Crippen LogP contribution in [-0.4, -0.2) is 44.8 Å². The molecule has 1 fully saturated rings. The maximum absolute atomic E-state index is 10.8. The third-order valence-electron chi connectivity index (χ3n) is 3.98. The average Bonchev–Trinajstić information content (AvgIpc) is 2.18. The van der Waals surface area contributed by atoms with Crippen molar-refractivity contribution in [3.05, 3.63) is 0 Å². The van der Waals surface area contributed by atoms with Crippen LogP contribution in [0, 0.1) is 0 Å². The van der Waals surface area contributed by atoms with Crippen LogP contribution in [0.15, 0.2) is 0 Å². The number of amides is 1. The molecular formula is C12H26N2O3Si. The van der Waals surface area contributed by atoms with Crippen LogP contribution in [0.3, 0.4) is 0 Å². The molecule has 1 saturated heterocycles. The summed E-state index contributed by atoms with van der Waals surface area (Å²) >= 11 is 0. The van der Waals surface area contributed by atoms with Gasteiger partial charge >= 0.3 is 6.09 Å². The molecule has 0 aromatic rings. The second kappa shape index (κ2) is 5.58. The molecule has 5 nitrogen and oxygen atoms in total. The van der Waals surface area contributed by atoms with Crippen molar-refractivity contribution >= 4 is 14.4 Å². The molecule has 1 rings (SSSR count). The first-order chi connectivity index (χ1) is 8.13. The maximum atomic E-state index is 10.8. The summed E-state index contributed by atoms with van der Waals surface area (Å²) in [5.74, 6) is 0. The minimum absolute atomic E-state index is 0.0109. The average molecular weight is 274 g/mol. The standard InChI is InChI=1S/C12H26N2O3Si/c1-12(2,3)18(4,5)17-10-6-7-13-8-9(10)14-11(15)16/h9-10,13-14H,6-8H2,1-5H3,(H,15,16)/t9-,10-/m1/s1. The van der Waals surface area contributed by atoms with Gasteiger partial charge in [0.05, 0.1) is 12.1 Å². The Hall–Kier alpha value is -0.593. The van der Waals surface area contributed by atoms with E-state index in [0.29, 0.717) is 6.54 Å². The van der Waals surface area contributed by atoms with Gasteiger partial charge in [-0.25, -0.2) is 4.79 Å². The maximum Gasteiger partial charge on any atom is 0.405 e. The smallest absolute Gasteiger partial charge is 0.405 e. The van der Waals surface area contributed by atoms with Crippen LogP contribution in [0.4, 0.5) is 4.79 Å². The first-order valence-corrected chi connectivity index (χ1v) is 9.42. The summed E-state index contributed by atoms with van der Waals surface area (Å²) in [4.78, 5) is 10.8. The van der Waals surface area contributed by atoms with E-state index in [1.165, 1.54) is 0 Å². The summed E-state index contributed by atoms with van der Waals surface area (Å²) in [7, 11) is -1.85. The normalized spacial score (nSPS) is 25.8. The summed E-state index contributed by atoms with van der Waals surface area (Å²) in [5.41, 5.74) is 0. The molecule has 0 aliphatic carbocycles. The van der Waals surface area contributed by atoms with Crippen LogP contribution in [0.5, 0.6) is 0 Å². The fourth-order valence-corrected chi connectivity index (χ4v) is 3.23. The van der Waals surface area contributed by atoms with E-state index in [1.807, 2.05) is 0 Å². The number of hydrogen-bond donors (Lipinski definition) is 3. The molecule has 1 amide bonds. The highest BCUT2D eigenvalue weighted by atomic mass is 28.4. The Balaban J connectivity index is 2.70. The van der Waals surface area contributed by atoms with Crippen molar-refractivity contribution in [3.63, 3.8) is 0 Å². The Morgan fingerprint density at radius 2 is 2.06 bits per heavy atom. The van der Waals surface area contributed by atoms with E-state index in [4.69, 9.17) is 9.53 Å². The second-order valence-corrected chi connectivity index (χ2v) is 11.2. The van der Waals surface area contributed by atoms with Crippen LogP contribution < -0.4 is 10.6 Å². The quantitative estimate of drug-likeness (QED) is 0.689. The predicted molar refractivity (Wildman–Crippen MR) is 74.5 cm³/mol. The fourth-order valence-electron chi connectivity index (χ4n) is 1.83. The Kier molecular flexibility index (Phi) is 4.80. The molecule has 0 spiro atoms. The lowest BCUT2D eigenvalue weighted by molar-refractivity contribution is 0.103. The van der Waals surface area contributed by atoms with Gasteiger partial charge in [0, 0.05) is 6.54 Å². The number of rotatable bonds is 3. The van der Waals surface area contributed by atoms with Gasteiger partial charge in [0.25, 0.3) is 0 Å². The third-order valence-corrected chi connectivity index (χ3v) is 8.48. The fraction of sp³-hybridized carbons (Fsp3) is 0.917. The molecular weight excluding hydrogens is 248 g/mol. The van der Waals surface area contributed by atoms with Crippen molar-refractivity contribution < 1.29 is 14.3 Å². The van der Waals surface area contributed by atoms with E-state index in [9.17, 15) is 4.79 Å². The van der Waals surface area contributed by atoms with Crippen LogP contribution in [0.2, 0.25) is 18.1 Å². The van der Waals surface area contributed by atoms with E-state index in [2.05, 4.69) is 44.5 Å². The zero-order valence-electron chi connectivity index (χ0n) is 12.0. The van der Waals surface area contributed by atoms with Crippen molar-refractivity contribution in [1.82, 2.24) is 10.6 Å². The predicted octanol–water partition coefficient (Wildman–Crippen LogP) is 2.01. The molecule has 106 valence electrons. The number of piperidine rings is 1. The van der Waals surface area contributed by atoms with Crippen LogP contribution in [0.1, 0.15) is 27.2 Å².